The predicted octanol–water partition coefficient (Wildman–Crippen LogP) is 2.10. The van der Waals surface area contributed by atoms with E-state index >= 15 is 0 Å². The molecular formula is C16H25N3O2. The van der Waals surface area contributed by atoms with Crippen molar-refractivity contribution in [2.45, 2.75) is 32.2 Å². The summed E-state index contributed by atoms with van der Waals surface area (Å²) in [5.74, 6) is 0.0566. The number of carbonyl (C=O) groups excluding carboxylic acids is 1. The number of nitrogens with zero attached hydrogens (tertiary/aromatic N) is 1. The van der Waals surface area contributed by atoms with E-state index in [0.717, 1.165) is 44.8 Å². The summed E-state index contributed by atoms with van der Waals surface area (Å²) < 4.78 is 5.49. The minimum absolute atomic E-state index is 0.0566. The van der Waals surface area contributed by atoms with E-state index in [9.17, 15) is 4.79 Å². The van der Waals surface area contributed by atoms with Gasteiger partial charge in [0.2, 0.25) is 5.91 Å². The van der Waals surface area contributed by atoms with Gasteiger partial charge in [0.15, 0.2) is 0 Å². The molecule has 1 aromatic rings. The minimum atomic E-state index is 0.0566. The first-order chi connectivity index (χ1) is 10.2. The SMILES string of the molecule is CCC1COCCN1CCCC(=O)Nc1ccc(N)cc1. The van der Waals surface area contributed by atoms with Gasteiger partial charge in [-0.1, -0.05) is 6.92 Å². The molecule has 1 saturated heterocycles. The van der Waals surface area contributed by atoms with E-state index in [1.807, 2.05) is 12.1 Å². The Morgan fingerprint density at radius 1 is 1.43 bits per heavy atom. The minimum Gasteiger partial charge on any atom is -0.399 e. The van der Waals surface area contributed by atoms with Crippen molar-refractivity contribution in [2.24, 2.45) is 0 Å². The average molecular weight is 291 g/mol. The van der Waals surface area contributed by atoms with Crippen LogP contribution in [0.25, 0.3) is 0 Å². The van der Waals surface area contributed by atoms with Crippen molar-refractivity contribution in [3.63, 3.8) is 0 Å². The molecule has 1 aliphatic heterocycles. The van der Waals surface area contributed by atoms with Crippen LogP contribution in [-0.4, -0.2) is 43.2 Å². The standard InChI is InChI=1S/C16H25N3O2/c1-2-15-12-21-11-10-19(15)9-3-4-16(20)18-14-7-5-13(17)6-8-14/h5-8,15H,2-4,9-12,17H2,1H3,(H,18,20). The fourth-order valence-corrected chi connectivity index (χ4v) is 2.59. The number of carbonyl (C=O) groups is 1. The maximum absolute atomic E-state index is 11.9. The quantitative estimate of drug-likeness (QED) is 0.788. The van der Waals surface area contributed by atoms with E-state index in [1.165, 1.54) is 0 Å². The molecule has 0 saturated carbocycles. The van der Waals surface area contributed by atoms with Crippen LogP contribution in [0.3, 0.4) is 0 Å². The normalized spacial score (nSPS) is 19.4. The van der Waals surface area contributed by atoms with Gasteiger partial charge in [-0.05, 0) is 43.7 Å². The Hall–Kier alpha value is -1.59. The van der Waals surface area contributed by atoms with Gasteiger partial charge in [-0.2, -0.15) is 0 Å². The molecule has 0 aromatic heterocycles. The third-order valence-corrected chi connectivity index (χ3v) is 3.86. The summed E-state index contributed by atoms with van der Waals surface area (Å²) >= 11 is 0. The molecule has 3 N–H and O–H groups in total. The average Bonchev–Trinajstić information content (AvgIpc) is 2.50. The molecule has 0 radical (unpaired) electrons. The van der Waals surface area contributed by atoms with Crippen molar-refractivity contribution in [1.82, 2.24) is 4.90 Å². The molecule has 1 fully saturated rings. The number of nitrogens with two attached hydrogens (primary N) is 1. The number of rotatable bonds is 6. The fraction of sp³-hybridized carbons (Fsp3) is 0.562. The van der Waals surface area contributed by atoms with Gasteiger partial charge in [-0.25, -0.2) is 0 Å². The lowest BCUT2D eigenvalue weighted by atomic mass is 10.1. The lowest BCUT2D eigenvalue weighted by Gasteiger charge is -2.34. The van der Waals surface area contributed by atoms with Crippen LogP contribution in [-0.2, 0) is 9.53 Å². The van der Waals surface area contributed by atoms with Crippen LogP contribution in [0.1, 0.15) is 26.2 Å². The van der Waals surface area contributed by atoms with Crippen molar-refractivity contribution < 1.29 is 9.53 Å². The zero-order valence-corrected chi connectivity index (χ0v) is 12.7. The second-order valence-corrected chi connectivity index (χ2v) is 5.45. The Morgan fingerprint density at radius 2 is 2.19 bits per heavy atom. The monoisotopic (exact) mass is 291 g/mol. The highest BCUT2D eigenvalue weighted by molar-refractivity contribution is 5.90. The lowest BCUT2D eigenvalue weighted by Crippen LogP contribution is -2.45. The Kier molecular flexibility index (Phi) is 6.02. The molecule has 0 aliphatic carbocycles. The van der Waals surface area contributed by atoms with Crippen molar-refractivity contribution in [2.75, 3.05) is 37.4 Å². The summed E-state index contributed by atoms with van der Waals surface area (Å²) in [5.41, 5.74) is 7.12. The van der Waals surface area contributed by atoms with E-state index in [1.54, 1.807) is 12.1 Å². The molecular weight excluding hydrogens is 266 g/mol. The molecule has 1 heterocycles. The Bertz CT molecular complexity index is 447. The predicted molar refractivity (Wildman–Crippen MR) is 85.2 cm³/mol. The van der Waals surface area contributed by atoms with Crippen LogP contribution >= 0.6 is 0 Å². The zero-order valence-electron chi connectivity index (χ0n) is 12.7. The first-order valence-corrected chi connectivity index (χ1v) is 7.66. The molecule has 1 aliphatic rings. The summed E-state index contributed by atoms with van der Waals surface area (Å²) in [5, 5.41) is 2.89. The molecule has 1 unspecified atom stereocenters. The second kappa shape index (κ2) is 8.00. The smallest absolute Gasteiger partial charge is 0.224 e. The summed E-state index contributed by atoms with van der Waals surface area (Å²) in [6.07, 6.45) is 2.51. The highest BCUT2D eigenvalue weighted by Gasteiger charge is 2.20. The number of morpholine rings is 1. The molecule has 5 nitrogen and oxygen atoms in total. The molecule has 5 heteroatoms. The number of nitrogen functional groups attached to an aromatic ring is 1. The summed E-state index contributed by atoms with van der Waals surface area (Å²) in [6, 6.07) is 7.72. The highest BCUT2D eigenvalue weighted by atomic mass is 16.5. The molecule has 0 spiro atoms. The molecule has 116 valence electrons. The lowest BCUT2D eigenvalue weighted by molar-refractivity contribution is -0.116. The van der Waals surface area contributed by atoms with Gasteiger partial charge in [-0.15, -0.1) is 0 Å². The third-order valence-electron chi connectivity index (χ3n) is 3.86. The van der Waals surface area contributed by atoms with Gasteiger partial charge in [0.1, 0.15) is 0 Å². The van der Waals surface area contributed by atoms with Crippen LogP contribution in [0.4, 0.5) is 11.4 Å². The van der Waals surface area contributed by atoms with Crippen LogP contribution < -0.4 is 11.1 Å². The maximum Gasteiger partial charge on any atom is 0.224 e. The van der Waals surface area contributed by atoms with E-state index in [-0.39, 0.29) is 5.91 Å². The van der Waals surface area contributed by atoms with Gasteiger partial charge in [0.25, 0.3) is 0 Å². The largest absolute Gasteiger partial charge is 0.399 e. The number of hydrogen-bond donors (Lipinski definition) is 2. The van der Waals surface area contributed by atoms with Gasteiger partial charge >= 0.3 is 0 Å². The summed E-state index contributed by atoms with van der Waals surface area (Å²) in [7, 11) is 0. The number of benzene rings is 1. The van der Waals surface area contributed by atoms with E-state index in [0.29, 0.717) is 18.2 Å². The number of amides is 1. The Labute approximate surface area is 126 Å². The van der Waals surface area contributed by atoms with E-state index in [2.05, 4.69) is 17.1 Å². The summed E-state index contributed by atoms with van der Waals surface area (Å²) in [6.45, 7) is 5.72. The second-order valence-electron chi connectivity index (χ2n) is 5.45. The molecule has 21 heavy (non-hydrogen) atoms. The molecule has 1 aromatic carbocycles. The number of nitrogens with one attached hydrogen (secondary N) is 1. The van der Waals surface area contributed by atoms with Gasteiger partial charge in [0, 0.05) is 30.4 Å². The third kappa shape index (κ3) is 5.02. The number of anilines is 2. The molecule has 1 atom stereocenters. The number of ether oxygens (including phenoxy) is 1. The van der Waals surface area contributed by atoms with Gasteiger partial charge < -0.3 is 15.8 Å². The van der Waals surface area contributed by atoms with Gasteiger partial charge in [-0.3, -0.25) is 9.69 Å². The maximum atomic E-state index is 11.9. The van der Waals surface area contributed by atoms with E-state index in [4.69, 9.17) is 10.5 Å². The topological polar surface area (TPSA) is 67.6 Å². The molecule has 2 rings (SSSR count). The van der Waals surface area contributed by atoms with Crippen molar-refractivity contribution in [3.05, 3.63) is 24.3 Å². The van der Waals surface area contributed by atoms with E-state index < -0.39 is 0 Å². The number of hydrogen-bond acceptors (Lipinski definition) is 4. The Morgan fingerprint density at radius 3 is 2.90 bits per heavy atom. The van der Waals surface area contributed by atoms with Crippen LogP contribution in [0.15, 0.2) is 24.3 Å². The van der Waals surface area contributed by atoms with Crippen molar-refractivity contribution in [3.8, 4) is 0 Å². The highest BCUT2D eigenvalue weighted by Crippen LogP contribution is 2.13. The zero-order chi connectivity index (χ0) is 15.1. The first-order valence-electron chi connectivity index (χ1n) is 7.66. The van der Waals surface area contributed by atoms with Crippen LogP contribution in [0.2, 0.25) is 0 Å². The molecule has 1 amide bonds. The van der Waals surface area contributed by atoms with Crippen molar-refractivity contribution in [1.29, 1.82) is 0 Å². The summed E-state index contributed by atoms with van der Waals surface area (Å²) in [4.78, 5) is 14.3. The fourth-order valence-electron chi connectivity index (χ4n) is 2.59. The van der Waals surface area contributed by atoms with Crippen LogP contribution in [0.5, 0.6) is 0 Å². The first kappa shape index (κ1) is 15.8. The van der Waals surface area contributed by atoms with Crippen molar-refractivity contribution >= 4 is 17.3 Å². The molecule has 0 bridgehead atoms. The Balaban J connectivity index is 1.70. The van der Waals surface area contributed by atoms with Crippen LogP contribution in [0, 0.1) is 0 Å². The van der Waals surface area contributed by atoms with Gasteiger partial charge in [0.05, 0.1) is 13.2 Å².